The molecule has 0 radical (unpaired) electrons. The van der Waals surface area contributed by atoms with Crippen molar-refractivity contribution in [1.29, 1.82) is 0 Å². The minimum absolute atomic E-state index is 0.0249. The maximum Gasteiger partial charge on any atom is 0.262 e. The molecule has 1 amide bonds. The molecule has 4 heterocycles. The van der Waals surface area contributed by atoms with Gasteiger partial charge in [0.1, 0.15) is 4.83 Å². The predicted molar refractivity (Wildman–Crippen MR) is 117 cm³/mol. The Morgan fingerprint density at radius 2 is 2.13 bits per heavy atom. The molecule has 0 N–H and O–H groups in total. The number of benzene rings is 1. The third-order valence-electron chi connectivity index (χ3n) is 6.07. The van der Waals surface area contributed by atoms with Gasteiger partial charge in [0, 0.05) is 24.4 Å². The van der Waals surface area contributed by atoms with Crippen LogP contribution in [0.3, 0.4) is 0 Å². The largest absolute Gasteiger partial charge is 0.376 e. The lowest BCUT2D eigenvalue weighted by molar-refractivity contribution is -0.132. The summed E-state index contributed by atoms with van der Waals surface area (Å²) in [5.74, 6) is 0.172. The Balaban J connectivity index is 1.32. The fourth-order valence-electron chi connectivity index (χ4n) is 4.42. The van der Waals surface area contributed by atoms with Gasteiger partial charge in [0.2, 0.25) is 5.91 Å². The smallest absolute Gasteiger partial charge is 0.262 e. The van der Waals surface area contributed by atoms with Crippen LogP contribution in [-0.2, 0) is 35.5 Å². The molecule has 30 heavy (non-hydrogen) atoms. The number of aryl methyl sites for hydroxylation is 1. The van der Waals surface area contributed by atoms with Crippen molar-refractivity contribution < 1.29 is 9.53 Å². The third-order valence-corrected chi connectivity index (χ3v) is 7.20. The van der Waals surface area contributed by atoms with Crippen LogP contribution in [0.4, 0.5) is 0 Å². The summed E-state index contributed by atoms with van der Waals surface area (Å²) in [5, 5.41) is 0.742. The number of carbonyl (C=O) groups is 1. The van der Waals surface area contributed by atoms with E-state index in [2.05, 4.69) is 17.1 Å². The normalized spacial score (nSPS) is 18.7. The minimum atomic E-state index is 0.0249. The highest BCUT2D eigenvalue weighted by Gasteiger charge is 2.27. The van der Waals surface area contributed by atoms with Crippen LogP contribution >= 0.6 is 11.3 Å². The average molecular weight is 424 g/mol. The maximum absolute atomic E-state index is 13.1. The van der Waals surface area contributed by atoms with E-state index in [1.54, 1.807) is 22.2 Å². The zero-order valence-corrected chi connectivity index (χ0v) is 17.7. The second-order valence-corrected chi connectivity index (χ2v) is 9.16. The molecule has 0 bridgehead atoms. The summed E-state index contributed by atoms with van der Waals surface area (Å²) in [6.45, 7) is 2.58. The lowest BCUT2D eigenvalue weighted by Gasteiger charge is -2.27. The molecule has 0 aliphatic carbocycles. The Morgan fingerprint density at radius 1 is 1.27 bits per heavy atom. The number of hydrogen-bond donors (Lipinski definition) is 0. The Labute approximate surface area is 179 Å². The quantitative estimate of drug-likeness (QED) is 0.632. The lowest BCUT2D eigenvalue weighted by atomic mass is 10.0. The van der Waals surface area contributed by atoms with Crippen LogP contribution in [0.5, 0.6) is 0 Å². The van der Waals surface area contributed by atoms with Crippen LogP contribution in [0.1, 0.15) is 35.3 Å². The molecule has 2 aromatic heterocycles. The highest BCUT2D eigenvalue weighted by atomic mass is 32.1. The van der Waals surface area contributed by atoms with Crippen molar-refractivity contribution in [2.45, 2.75) is 51.3 Å². The van der Waals surface area contributed by atoms with Crippen molar-refractivity contribution in [3.8, 4) is 0 Å². The van der Waals surface area contributed by atoms with Gasteiger partial charge in [0.25, 0.3) is 5.56 Å². The van der Waals surface area contributed by atoms with Gasteiger partial charge in [-0.05, 0) is 36.8 Å². The number of ether oxygens (including phenoxy) is 1. The molecule has 1 saturated heterocycles. The number of aromatic nitrogens is 2. The minimum Gasteiger partial charge on any atom is -0.376 e. The van der Waals surface area contributed by atoms with Crippen LogP contribution in [0.15, 0.2) is 41.5 Å². The van der Waals surface area contributed by atoms with E-state index in [4.69, 9.17) is 4.74 Å². The van der Waals surface area contributed by atoms with Gasteiger partial charge < -0.3 is 9.64 Å². The Hall–Kier alpha value is -2.51. The number of hydrogen-bond acceptors (Lipinski definition) is 5. The molecular formula is C23H25N3O3S. The van der Waals surface area contributed by atoms with Gasteiger partial charge in [-0.25, -0.2) is 4.98 Å². The fraction of sp³-hybridized carbons (Fsp3) is 0.435. The van der Waals surface area contributed by atoms with E-state index >= 15 is 0 Å². The first kappa shape index (κ1) is 19.5. The van der Waals surface area contributed by atoms with Crippen LogP contribution in [0.2, 0.25) is 0 Å². The summed E-state index contributed by atoms with van der Waals surface area (Å²) < 4.78 is 7.38. The average Bonchev–Trinajstić information content (AvgIpc) is 3.42. The molecule has 0 unspecified atom stereocenters. The van der Waals surface area contributed by atoms with Crippen LogP contribution in [0, 0.1) is 0 Å². The molecule has 5 rings (SSSR count). The summed E-state index contributed by atoms with van der Waals surface area (Å²) in [4.78, 5) is 34.2. The van der Waals surface area contributed by atoms with Gasteiger partial charge >= 0.3 is 0 Å². The van der Waals surface area contributed by atoms with Gasteiger partial charge in [-0.3, -0.25) is 14.2 Å². The molecular weight excluding hydrogens is 398 g/mol. The van der Waals surface area contributed by atoms with Gasteiger partial charge in [-0.2, -0.15) is 0 Å². The van der Waals surface area contributed by atoms with Crippen molar-refractivity contribution in [1.82, 2.24) is 14.5 Å². The van der Waals surface area contributed by atoms with Gasteiger partial charge in [0.05, 0.1) is 30.9 Å². The summed E-state index contributed by atoms with van der Waals surface area (Å²) >= 11 is 1.55. The van der Waals surface area contributed by atoms with Gasteiger partial charge in [-0.1, -0.05) is 30.3 Å². The van der Waals surface area contributed by atoms with E-state index in [0.717, 1.165) is 46.5 Å². The molecule has 0 spiro atoms. The second-order valence-electron chi connectivity index (χ2n) is 8.07. The number of amides is 1. The van der Waals surface area contributed by atoms with Crippen molar-refractivity contribution in [3.63, 3.8) is 0 Å². The van der Waals surface area contributed by atoms with Crippen molar-refractivity contribution in [2.75, 3.05) is 13.2 Å². The predicted octanol–water partition coefficient (Wildman–Crippen LogP) is 3.15. The summed E-state index contributed by atoms with van der Waals surface area (Å²) in [7, 11) is 0. The summed E-state index contributed by atoms with van der Waals surface area (Å²) in [6, 6.07) is 10.1. The molecule has 156 valence electrons. The van der Waals surface area contributed by atoms with E-state index in [0.29, 0.717) is 32.5 Å². The Morgan fingerprint density at radius 3 is 2.93 bits per heavy atom. The van der Waals surface area contributed by atoms with E-state index in [1.807, 2.05) is 23.1 Å². The maximum atomic E-state index is 13.1. The topological polar surface area (TPSA) is 64.4 Å². The monoisotopic (exact) mass is 423 g/mol. The molecule has 1 fully saturated rings. The molecule has 2 aliphatic heterocycles. The first-order valence-corrected chi connectivity index (χ1v) is 11.4. The van der Waals surface area contributed by atoms with Crippen LogP contribution in [0.25, 0.3) is 10.2 Å². The zero-order chi connectivity index (χ0) is 20.5. The van der Waals surface area contributed by atoms with Gasteiger partial charge in [-0.15, -0.1) is 11.3 Å². The number of rotatable bonds is 5. The van der Waals surface area contributed by atoms with Crippen molar-refractivity contribution in [3.05, 3.63) is 63.0 Å². The van der Waals surface area contributed by atoms with Crippen molar-refractivity contribution in [2.24, 2.45) is 0 Å². The van der Waals surface area contributed by atoms with Crippen LogP contribution < -0.4 is 5.56 Å². The lowest BCUT2D eigenvalue weighted by Crippen LogP contribution is -2.36. The SMILES string of the molecule is O=C(CCc1ccccc1)N1CCc2c(sc3ncn(C[C@@H]4CCCO4)c(=O)c23)C1. The highest BCUT2D eigenvalue weighted by Crippen LogP contribution is 2.32. The first-order chi connectivity index (χ1) is 14.7. The van der Waals surface area contributed by atoms with Crippen molar-refractivity contribution >= 4 is 27.5 Å². The van der Waals surface area contributed by atoms with E-state index < -0.39 is 0 Å². The standard InChI is InChI=1S/C23H25N3O3S/c27-20(9-8-16-5-2-1-3-6-16)25-11-10-18-19(14-25)30-22-21(18)23(28)26(15-24-22)13-17-7-4-12-29-17/h1-3,5-6,15,17H,4,7-14H2/t17-/m0/s1. The molecule has 7 heteroatoms. The highest BCUT2D eigenvalue weighted by molar-refractivity contribution is 7.18. The molecule has 1 atom stereocenters. The first-order valence-electron chi connectivity index (χ1n) is 10.6. The van der Waals surface area contributed by atoms with Gasteiger partial charge in [0.15, 0.2) is 0 Å². The second kappa shape index (κ2) is 8.32. The van der Waals surface area contributed by atoms with E-state index in [-0.39, 0.29) is 17.6 Å². The summed E-state index contributed by atoms with van der Waals surface area (Å²) in [5.41, 5.74) is 2.29. The fourth-order valence-corrected chi connectivity index (χ4v) is 5.62. The van der Waals surface area contributed by atoms with Crippen LogP contribution in [-0.4, -0.2) is 39.6 Å². The third kappa shape index (κ3) is 3.79. The molecule has 2 aliphatic rings. The molecule has 6 nitrogen and oxygen atoms in total. The number of nitrogens with zero attached hydrogens (tertiary/aromatic N) is 3. The molecule has 3 aromatic rings. The number of carbonyl (C=O) groups excluding carboxylic acids is 1. The number of thiophene rings is 1. The number of fused-ring (bicyclic) bond motifs is 3. The van der Waals surface area contributed by atoms with E-state index in [9.17, 15) is 9.59 Å². The Bertz CT molecular complexity index is 1120. The summed E-state index contributed by atoms with van der Waals surface area (Å²) in [6.07, 6.45) is 5.78. The molecule has 1 aromatic carbocycles. The molecule has 0 saturated carbocycles. The zero-order valence-electron chi connectivity index (χ0n) is 16.9. The Kier molecular flexibility index (Phi) is 5.39. The van der Waals surface area contributed by atoms with E-state index in [1.165, 1.54) is 5.56 Å².